The van der Waals surface area contributed by atoms with Crippen molar-refractivity contribution in [1.29, 1.82) is 0 Å². The van der Waals surface area contributed by atoms with Gasteiger partial charge in [0, 0.05) is 5.69 Å². The van der Waals surface area contributed by atoms with Crippen LogP contribution in [0.25, 0.3) is 0 Å². The van der Waals surface area contributed by atoms with Crippen LogP contribution in [0.3, 0.4) is 0 Å². The standard InChI is InChI=1S/C15H14F3N3O.HI/c16-15(17,18)22-13-8-6-12(7-9-13)21-14(19)20-10-11-4-2-1-3-5-11;/h1-9H,10H2,(H3,19,20,21);1H. The SMILES string of the molecule is I.NC(=NCc1ccccc1)Nc1ccc(OC(F)(F)F)cc1. The molecule has 0 fully saturated rings. The van der Waals surface area contributed by atoms with Gasteiger partial charge in [-0.05, 0) is 29.8 Å². The molecule has 0 aliphatic heterocycles. The van der Waals surface area contributed by atoms with Gasteiger partial charge in [-0.3, -0.25) is 0 Å². The number of halogens is 4. The van der Waals surface area contributed by atoms with Gasteiger partial charge in [0.05, 0.1) is 6.54 Å². The molecule has 3 N–H and O–H groups in total. The summed E-state index contributed by atoms with van der Waals surface area (Å²) in [7, 11) is 0. The number of hydrogen-bond donors (Lipinski definition) is 2. The maximum absolute atomic E-state index is 12.0. The van der Waals surface area contributed by atoms with Crippen molar-refractivity contribution >= 4 is 35.6 Å². The highest BCUT2D eigenvalue weighted by Gasteiger charge is 2.30. The Morgan fingerprint density at radius 2 is 1.65 bits per heavy atom. The fourth-order valence-corrected chi connectivity index (χ4v) is 1.69. The average molecular weight is 437 g/mol. The molecule has 0 atom stereocenters. The van der Waals surface area contributed by atoms with E-state index in [0.717, 1.165) is 5.56 Å². The lowest BCUT2D eigenvalue weighted by Gasteiger charge is -2.10. The maximum atomic E-state index is 12.0. The minimum atomic E-state index is -4.70. The lowest BCUT2D eigenvalue weighted by Crippen LogP contribution is -2.22. The van der Waals surface area contributed by atoms with Crippen LogP contribution in [0.4, 0.5) is 18.9 Å². The number of rotatable bonds is 4. The van der Waals surface area contributed by atoms with Crippen LogP contribution in [0.5, 0.6) is 5.75 Å². The quantitative estimate of drug-likeness (QED) is 0.430. The second-order valence-corrected chi connectivity index (χ2v) is 4.38. The zero-order valence-corrected chi connectivity index (χ0v) is 14.2. The molecule has 124 valence electrons. The highest BCUT2D eigenvalue weighted by Crippen LogP contribution is 2.23. The molecule has 23 heavy (non-hydrogen) atoms. The van der Waals surface area contributed by atoms with E-state index in [4.69, 9.17) is 5.73 Å². The van der Waals surface area contributed by atoms with Crippen LogP contribution in [-0.2, 0) is 6.54 Å². The fraction of sp³-hybridized carbons (Fsp3) is 0.133. The predicted octanol–water partition coefficient (Wildman–Crippen LogP) is 4.13. The Morgan fingerprint density at radius 1 is 1.04 bits per heavy atom. The van der Waals surface area contributed by atoms with Gasteiger partial charge in [0.25, 0.3) is 0 Å². The molecule has 2 aromatic carbocycles. The number of hydrogen-bond acceptors (Lipinski definition) is 2. The lowest BCUT2D eigenvalue weighted by atomic mass is 10.2. The third-order valence-corrected chi connectivity index (χ3v) is 2.64. The number of guanidine groups is 1. The Kier molecular flexibility index (Phi) is 7.14. The Bertz CT molecular complexity index is 631. The first kappa shape index (κ1) is 19.1. The molecule has 0 heterocycles. The number of anilines is 1. The fourth-order valence-electron chi connectivity index (χ4n) is 1.69. The Hall–Kier alpha value is -1.97. The summed E-state index contributed by atoms with van der Waals surface area (Å²) >= 11 is 0. The third-order valence-electron chi connectivity index (χ3n) is 2.64. The first-order chi connectivity index (χ1) is 10.4. The number of ether oxygens (including phenoxy) is 1. The number of benzene rings is 2. The van der Waals surface area contributed by atoms with Gasteiger partial charge in [0.1, 0.15) is 5.75 Å². The van der Waals surface area contributed by atoms with E-state index >= 15 is 0 Å². The third kappa shape index (κ3) is 7.22. The van der Waals surface area contributed by atoms with Crippen LogP contribution >= 0.6 is 24.0 Å². The number of nitrogens with zero attached hydrogens (tertiary/aromatic N) is 1. The van der Waals surface area contributed by atoms with E-state index in [2.05, 4.69) is 15.0 Å². The molecule has 0 aliphatic carbocycles. The summed E-state index contributed by atoms with van der Waals surface area (Å²) in [5.74, 6) is -0.119. The molecule has 0 aliphatic rings. The van der Waals surface area contributed by atoms with E-state index < -0.39 is 6.36 Å². The van der Waals surface area contributed by atoms with Crippen LogP contribution in [0.15, 0.2) is 59.6 Å². The number of nitrogens with one attached hydrogen (secondary N) is 1. The van der Waals surface area contributed by atoms with E-state index in [-0.39, 0.29) is 35.7 Å². The van der Waals surface area contributed by atoms with E-state index in [0.29, 0.717) is 12.2 Å². The smallest absolute Gasteiger partial charge is 0.406 e. The molecule has 4 nitrogen and oxygen atoms in total. The van der Waals surface area contributed by atoms with Gasteiger partial charge < -0.3 is 15.8 Å². The first-order valence-electron chi connectivity index (χ1n) is 6.39. The summed E-state index contributed by atoms with van der Waals surface area (Å²) in [6.07, 6.45) is -4.70. The minimum absolute atomic E-state index is 0. The lowest BCUT2D eigenvalue weighted by molar-refractivity contribution is -0.274. The largest absolute Gasteiger partial charge is 0.573 e. The highest BCUT2D eigenvalue weighted by atomic mass is 127. The summed E-state index contributed by atoms with van der Waals surface area (Å²) < 4.78 is 39.9. The molecule has 2 aromatic rings. The molecule has 0 saturated carbocycles. The van der Waals surface area contributed by atoms with Gasteiger partial charge in [-0.1, -0.05) is 30.3 Å². The monoisotopic (exact) mass is 437 g/mol. The van der Waals surface area contributed by atoms with Crippen LogP contribution < -0.4 is 15.8 Å². The van der Waals surface area contributed by atoms with Crippen LogP contribution in [0, 0.1) is 0 Å². The van der Waals surface area contributed by atoms with E-state index in [1.54, 1.807) is 0 Å². The van der Waals surface area contributed by atoms with Crippen molar-refractivity contribution in [3.05, 3.63) is 60.2 Å². The van der Waals surface area contributed by atoms with Gasteiger partial charge in [-0.25, -0.2) is 4.99 Å². The molecule has 0 bridgehead atoms. The van der Waals surface area contributed by atoms with Crippen molar-refractivity contribution < 1.29 is 17.9 Å². The van der Waals surface area contributed by atoms with Crippen molar-refractivity contribution in [2.24, 2.45) is 10.7 Å². The van der Waals surface area contributed by atoms with Crippen molar-refractivity contribution in [2.45, 2.75) is 12.9 Å². The number of aliphatic imine (C=N–C) groups is 1. The van der Waals surface area contributed by atoms with E-state index in [9.17, 15) is 13.2 Å². The van der Waals surface area contributed by atoms with Gasteiger partial charge in [-0.2, -0.15) is 0 Å². The average Bonchev–Trinajstić information content (AvgIpc) is 2.47. The summed E-state index contributed by atoms with van der Waals surface area (Å²) in [6, 6.07) is 14.8. The van der Waals surface area contributed by atoms with Crippen LogP contribution in [0.1, 0.15) is 5.56 Å². The predicted molar refractivity (Wildman–Crippen MR) is 93.9 cm³/mol. The molecule has 8 heteroatoms. The first-order valence-corrected chi connectivity index (χ1v) is 6.39. The van der Waals surface area contributed by atoms with Crippen molar-refractivity contribution in [3.63, 3.8) is 0 Å². The molecular weight excluding hydrogens is 422 g/mol. The Labute approximate surface area is 148 Å². The summed E-state index contributed by atoms with van der Waals surface area (Å²) in [4.78, 5) is 4.14. The second-order valence-electron chi connectivity index (χ2n) is 4.38. The van der Waals surface area contributed by atoms with Gasteiger partial charge in [-0.15, -0.1) is 37.1 Å². The summed E-state index contributed by atoms with van der Waals surface area (Å²) in [5.41, 5.74) is 7.24. The molecule has 0 radical (unpaired) electrons. The molecule has 0 saturated heterocycles. The number of alkyl halides is 3. The van der Waals surface area contributed by atoms with E-state index in [1.165, 1.54) is 24.3 Å². The zero-order valence-electron chi connectivity index (χ0n) is 11.9. The molecule has 0 unspecified atom stereocenters. The Balaban J connectivity index is 0.00000264. The molecule has 0 aromatic heterocycles. The van der Waals surface area contributed by atoms with Crippen molar-refractivity contribution in [3.8, 4) is 5.75 Å². The minimum Gasteiger partial charge on any atom is -0.406 e. The molecule has 2 rings (SSSR count). The second kappa shape index (κ2) is 8.61. The number of nitrogens with two attached hydrogens (primary N) is 1. The van der Waals surface area contributed by atoms with E-state index in [1.807, 2.05) is 30.3 Å². The molecule has 0 amide bonds. The zero-order chi connectivity index (χ0) is 16.0. The van der Waals surface area contributed by atoms with Crippen LogP contribution in [0.2, 0.25) is 0 Å². The summed E-state index contributed by atoms with van der Waals surface area (Å²) in [6.45, 7) is 0.412. The topological polar surface area (TPSA) is 59.6 Å². The van der Waals surface area contributed by atoms with Crippen molar-refractivity contribution in [1.82, 2.24) is 0 Å². The van der Waals surface area contributed by atoms with Crippen LogP contribution in [-0.4, -0.2) is 12.3 Å². The van der Waals surface area contributed by atoms with Crippen molar-refractivity contribution in [2.75, 3.05) is 5.32 Å². The molecule has 0 spiro atoms. The summed E-state index contributed by atoms with van der Waals surface area (Å²) in [5, 5.41) is 2.79. The Morgan fingerprint density at radius 3 is 2.22 bits per heavy atom. The van der Waals surface area contributed by atoms with Gasteiger partial charge >= 0.3 is 6.36 Å². The maximum Gasteiger partial charge on any atom is 0.573 e. The molecular formula is C15H15F3IN3O. The van der Waals surface area contributed by atoms with Gasteiger partial charge in [0.15, 0.2) is 5.96 Å². The highest BCUT2D eigenvalue weighted by molar-refractivity contribution is 14.0. The van der Waals surface area contributed by atoms with Gasteiger partial charge in [0.2, 0.25) is 0 Å². The normalized spacial score (nSPS) is 11.5.